The molecule has 4 rings (SSSR count). The van der Waals surface area contributed by atoms with Gasteiger partial charge in [0.05, 0.1) is 12.6 Å². The van der Waals surface area contributed by atoms with Gasteiger partial charge in [-0.1, -0.05) is 60.1 Å². The average molecular weight is 582 g/mol. The summed E-state index contributed by atoms with van der Waals surface area (Å²) in [5.74, 6) is -2.10. The van der Waals surface area contributed by atoms with Gasteiger partial charge in [0.15, 0.2) is 6.10 Å². The van der Waals surface area contributed by atoms with Gasteiger partial charge in [0, 0.05) is 29.1 Å². The third-order valence-electron chi connectivity index (χ3n) is 7.43. The predicted molar refractivity (Wildman–Crippen MR) is 153 cm³/mol. The van der Waals surface area contributed by atoms with E-state index in [1.54, 1.807) is 43.3 Å². The van der Waals surface area contributed by atoms with Gasteiger partial charge < -0.3 is 25.7 Å². The highest BCUT2D eigenvalue weighted by atomic mass is 35.5. The number of nitrogens with zero attached hydrogens (tertiary/aromatic N) is 1. The Bertz CT molecular complexity index is 1400. The lowest BCUT2D eigenvalue weighted by Gasteiger charge is -2.30. The molecule has 0 saturated carbocycles. The molecule has 0 aromatic heterocycles. The lowest BCUT2D eigenvalue weighted by Crippen LogP contribution is -2.55. The lowest BCUT2D eigenvalue weighted by atomic mass is 9.98. The molecule has 1 fully saturated rings. The van der Waals surface area contributed by atoms with Crippen molar-refractivity contribution in [3.05, 3.63) is 99.6 Å². The molecule has 41 heavy (non-hydrogen) atoms. The highest BCUT2D eigenvalue weighted by Gasteiger charge is 2.43. The second-order valence-electron chi connectivity index (χ2n) is 10.3. The van der Waals surface area contributed by atoms with Gasteiger partial charge in [-0.15, -0.1) is 0 Å². The van der Waals surface area contributed by atoms with E-state index < -0.39 is 42.1 Å². The first kappa shape index (κ1) is 30.0. The Morgan fingerprint density at radius 2 is 1.76 bits per heavy atom. The van der Waals surface area contributed by atoms with Crippen LogP contribution in [0, 0.1) is 13.8 Å². The predicted octanol–water partition coefficient (Wildman–Crippen LogP) is 3.62. The smallest absolute Gasteiger partial charge is 0.254 e. The molecule has 3 amide bonds. The van der Waals surface area contributed by atoms with E-state index in [4.69, 9.17) is 11.6 Å². The third kappa shape index (κ3) is 7.04. The average Bonchev–Trinajstić information content (AvgIpc) is 3.35. The van der Waals surface area contributed by atoms with Crippen LogP contribution in [-0.4, -0.2) is 63.7 Å². The Kier molecular flexibility index (Phi) is 9.62. The number of aromatic hydroxyl groups is 1. The van der Waals surface area contributed by atoms with Crippen LogP contribution in [0.2, 0.25) is 5.02 Å². The molecule has 0 spiro atoms. The second-order valence-corrected chi connectivity index (χ2v) is 10.7. The molecule has 0 unspecified atom stereocenters. The SMILES string of the molecule is Cc1cccc(Cl)c1CNC(=O)[C@@H]1C[C@H](F)CN1C(=O)[C@@H](O)[C@H](Cc1ccccc1)NC(=O)c1cccc(O)c1C. The van der Waals surface area contributed by atoms with Crippen LogP contribution in [0.15, 0.2) is 66.7 Å². The van der Waals surface area contributed by atoms with Gasteiger partial charge in [0.1, 0.15) is 18.0 Å². The zero-order chi connectivity index (χ0) is 29.7. The topological polar surface area (TPSA) is 119 Å². The number of rotatable bonds is 9. The molecular formula is C31H33ClFN3O5. The molecule has 3 aromatic carbocycles. The fourth-order valence-electron chi connectivity index (χ4n) is 5.03. The number of carbonyl (C=O) groups excluding carboxylic acids is 3. The highest BCUT2D eigenvalue weighted by Crippen LogP contribution is 2.25. The largest absolute Gasteiger partial charge is 0.508 e. The number of phenolic OH excluding ortho intramolecular Hbond substituents is 1. The number of likely N-dealkylation sites (tertiary alicyclic amines) is 1. The molecule has 0 radical (unpaired) electrons. The monoisotopic (exact) mass is 581 g/mol. The first-order chi connectivity index (χ1) is 19.6. The number of aryl methyl sites for hydroxylation is 1. The highest BCUT2D eigenvalue weighted by molar-refractivity contribution is 6.31. The molecule has 216 valence electrons. The van der Waals surface area contributed by atoms with Crippen molar-refractivity contribution in [2.24, 2.45) is 0 Å². The fraction of sp³-hybridized carbons (Fsp3) is 0.323. The number of carbonyl (C=O) groups is 3. The van der Waals surface area contributed by atoms with E-state index >= 15 is 0 Å². The minimum absolute atomic E-state index is 0.0687. The Hall–Kier alpha value is -3.95. The van der Waals surface area contributed by atoms with E-state index in [-0.39, 0.29) is 37.2 Å². The molecule has 1 aliphatic heterocycles. The number of amides is 3. The van der Waals surface area contributed by atoms with Crippen LogP contribution in [0.1, 0.15) is 39.0 Å². The zero-order valence-corrected chi connectivity index (χ0v) is 23.6. The molecule has 4 atom stereocenters. The van der Waals surface area contributed by atoms with Crippen molar-refractivity contribution in [1.29, 1.82) is 0 Å². The molecule has 1 saturated heterocycles. The number of hydrogen-bond donors (Lipinski definition) is 4. The molecule has 10 heteroatoms. The summed E-state index contributed by atoms with van der Waals surface area (Å²) < 4.78 is 14.6. The van der Waals surface area contributed by atoms with Crippen molar-refractivity contribution in [2.45, 2.75) is 57.6 Å². The van der Waals surface area contributed by atoms with Crippen LogP contribution in [-0.2, 0) is 22.6 Å². The Labute approximate surface area is 243 Å². The summed E-state index contributed by atoms with van der Waals surface area (Å²) in [6.07, 6.45) is -3.36. The van der Waals surface area contributed by atoms with Gasteiger partial charge in [0.2, 0.25) is 5.91 Å². The molecular weight excluding hydrogens is 549 g/mol. The van der Waals surface area contributed by atoms with E-state index in [0.29, 0.717) is 16.1 Å². The van der Waals surface area contributed by atoms with Crippen molar-refractivity contribution in [1.82, 2.24) is 15.5 Å². The number of nitrogens with one attached hydrogen (secondary N) is 2. The van der Waals surface area contributed by atoms with Gasteiger partial charge in [-0.3, -0.25) is 14.4 Å². The summed E-state index contributed by atoms with van der Waals surface area (Å²) in [6, 6.07) is 16.6. The van der Waals surface area contributed by atoms with Crippen LogP contribution in [0.4, 0.5) is 4.39 Å². The van der Waals surface area contributed by atoms with Crippen LogP contribution in [0.5, 0.6) is 5.75 Å². The van der Waals surface area contributed by atoms with E-state index in [1.165, 1.54) is 18.2 Å². The van der Waals surface area contributed by atoms with Gasteiger partial charge in [-0.05, 0) is 55.2 Å². The quantitative estimate of drug-likeness (QED) is 0.308. The molecule has 4 N–H and O–H groups in total. The van der Waals surface area contributed by atoms with Crippen molar-refractivity contribution in [3.63, 3.8) is 0 Å². The maximum absolute atomic E-state index is 14.6. The maximum Gasteiger partial charge on any atom is 0.254 e. The van der Waals surface area contributed by atoms with E-state index in [2.05, 4.69) is 10.6 Å². The summed E-state index contributed by atoms with van der Waals surface area (Å²) in [5, 5.41) is 27.2. The Morgan fingerprint density at radius 1 is 1.05 bits per heavy atom. The third-order valence-corrected chi connectivity index (χ3v) is 7.78. The number of benzene rings is 3. The number of alkyl halides is 1. The molecule has 0 bridgehead atoms. The molecule has 3 aromatic rings. The molecule has 1 aliphatic rings. The first-order valence-electron chi connectivity index (χ1n) is 13.3. The van der Waals surface area contributed by atoms with Gasteiger partial charge in [-0.2, -0.15) is 0 Å². The molecule has 0 aliphatic carbocycles. The van der Waals surface area contributed by atoms with Crippen molar-refractivity contribution >= 4 is 29.3 Å². The van der Waals surface area contributed by atoms with E-state index in [1.807, 2.05) is 19.1 Å². The first-order valence-corrected chi connectivity index (χ1v) is 13.7. The Morgan fingerprint density at radius 3 is 2.46 bits per heavy atom. The summed E-state index contributed by atoms with van der Waals surface area (Å²) in [7, 11) is 0. The minimum Gasteiger partial charge on any atom is -0.508 e. The van der Waals surface area contributed by atoms with E-state index in [9.17, 15) is 29.0 Å². The van der Waals surface area contributed by atoms with Crippen molar-refractivity contribution < 1.29 is 29.0 Å². The number of phenols is 1. The Balaban J connectivity index is 1.53. The minimum atomic E-state index is -1.77. The van der Waals surface area contributed by atoms with Gasteiger partial charge in [-0.25, -0.2) is 4.39 Å². The normalized spacial score (nSPS) is 18.0. The van der Waals surface area contributed by atoms with Gasteiger partial charge in [0.25, 0.3) is 11.8 Å². The summed E-state index contributed by atoms with van der Waals surface area (Å²) in [6.45, 7) is 3.16. The van der Waals surface area contributed by atoms with Crippen LogP contribution in [0.3, 0.4) is 0 Å². The second kappa shape index (κ2) is 13.1. The van der Waals surface area contributed by atoms with Crippen LogP contribution < -0.4 is 10.6 Å². The summed E-state index contributed by atoms with van der Waals surface area (Å²) in [5.41, 5.74) is 2.85. The van der Waals surface area contributed by atoms with Crippen LogP contribution in [0.25, 0.3) is 0 Å². The summed E-state index contributed by atoms with van der Waals surface area (Å²) >= 11 is 6.26. The van der Waals surface area contributed by atoms with Crippen molar-refractivity contribution in [2.75, 3.05) is 6.54 Å². The number of aliphatic hydroxyl groups is 1. The zero-order valence-electron chi connectivity index (χ0n) is 22.8. The standard InChI is InChI=1S/C31H33ClFN3O5/c1-18-8-6-12-24(32)23(18)16-34-30(40)26-15-21(33)17-36(26)31(41)28(38)25(14-20-9-4-3-5-10-20)35-29(39)22-11-7-13-27(37)19(22)2/h3-13,21,25-26,28,37-38H,14-17H2,1-2H3,(H,34,40)(H,35,39)/t21-,25-,26-,28-/m0/s1. The number of halogens is 2. The fourth-order valence-corrected chi connectivity index (χ4v) is 5.32. The van der Waals surface area contributed by atoms with E-state index in [0.717, 1.165) is 16.0 Å². The number of aliphatic hydroxyl groups excluding tert-OH is 1. The lowest BCUT2D eigenvalue weighted by molar-refractivity contribution is -0.146. The summed E-state index contributed by atoms with van der Waals surface area (Å²) in [4.78, 5) is 40.9. The molecule has 8 nitrogen and oxygen atoms in total. The maximum atomic E-state index is 14.6. The molecule has 1 heterocycles. The van der Waals surface area contributed by atoms with Crippen LogP contribution >= 0.6 is 11.6 Å². The van der Waals surface area contributed by atoms with Gasteiger partial charge >= 0.3 is 0 Å². The van der Waals surface area contributed by atoms with Crippen molar-refractivity contribution in [3.8, 4) is 5.75 Å². The number of hydrogen-bond acceptors (Lipinski definition) is 5.